The van der Waals surface area contributed by atoms with Crippen LogP contribution in [0.5, 0.6) is 5.75 Å². The first-order valence-electron chi connectivity index (χ1n) is 7.09. The van der Waals surface area contributed by atoms with Gasteiger partial charge in [-0.3, -0.25) is 0 Å². The average molecular weight is 386 g/mol. The highest BCUT2D eigenvalue weighted by molar-refractivity contribution is 9.10. The van der Waals surface area contributed by atoms with Crippen molar-refractivity contribution in [2.45, 2.75) is 26.3 Å². The predicted molar refractivity (Wildman–Crippen MR) is 88.5 cm³/mol. The molecule has 3 nitrogen and oxygen atoms in total. The van der Waals surface area contributed by atoms with Gasteiger partial charge in [0.2, 0.25) is 0 Å². The van der Waals surface area contributed by atoms with Gasteiger partial charge in [0, 0.05) is 30.2 Å². The van der Waals surface area contributed by atoms with Gasteiger partial charge in [0.1, 0.15) is 5.75 Å². The molecule has 1 N–H and O–H groups in total. The number of nitrogens with one attached hydrogen (secondary N) is 1. The lowest BCUT2D eigenvalue weighted by Gasteiger charge is -2.12. The summed E-state index contributed by atoms with van der Waals surface area (Å²) in [6, 6.07) is 13.0. The second-order valence-corrected chi connectivity index (χ2v) is 5.90. The molecular weight excluding hydrogens is 368 g/mol. The third kappa shape index (κ3) is 5.89. The lowest BCUT2D eigenvalue weighted by atomic mass is 10.1. The Hall–Kier alpha value is -1.50. The first-order valence-corrected chi connectivity index (χ1v) is 7.88. The molecule has 0 fully saturated rings. The van der Waals surface area contributed by atoms with Gasteiger partial charge in [0.05, 0.1) is 6.61 Å². The molecule has 2 rings (SSSR count). The summed E-state index contributed by atoms with van der Waals surface area (Å²) in [5.41, 5.74) is 2.89. The number of hydrogen-bond acceptors (Lipinski definition) is 3. The van der Waals surface area contributed by atoms with Crippen molar-refractivity contribution in [1.29, 1.82) is 0 Å². The Morgan fingerprint density at radius 3 is 2.39 bits per heavy atom. The topological polar surface area (TPSA) is 30.5 Å². The molecule has 0 aliphatic heterocycles. The molecule has 124 valence electrons. The Labute approximate surface area is 142 Å². The maximum absolute atomic E-state index is 12.4. The summed E-state index contributed by atoms with van der Waals surface area (Å²) >= 11 is 3.34. The zero-order valence-corrected chi connectivity index (χ0v) is 14.3. The molecule has 0 aromatic heterocycles. The molecule has 6 heteroatoms. The van der Waals surface area contributed by atoms with E-state index in [1.54, 1.807) is 19.2 Å². The molecule has 0 saturated heterocycles. The van der Waals surface area contributed by atoms with E-state index < -0.39 is 6.61 Å². The van der Waals surface area contributed by atoms with E-state index in [0.717, 1.165) is 15.6 Å². The summed E-state index contributed by atoms with van der Waals surface area (Å²) in [5.74, 6) is 0.186. The van der Waals surface area contributed by atoms with Gasteiger partial charge < -0.3 is 14.8 Å². The third-order valence-electron chi connectivity index (χ3n) is 3.22. The standard InChI is InChI=1S/C17H18BrF2NO2/c1-22-11-13-4-2-12(3-5-13)9-21-10-14-8-15(18)6-7-16(14)23-17(19)20/h2-8,17,21H,9-11H2,1H3. The van der Waals surface area contributed by atoms with Crippen LogP contribution in [-0.4, -0.2) is 13.7 Å². The molecule has 0 atom stereocenters. The molecule has 0 aliphatic carbocycles. The van der Waals surface area contributed by atoms with Crippen molar-refractivity contribution in [3.63, 3.8) is 0 Å². The number of benzene rings is 2. The zero-order valence-electron chi connectivity index (χ0n) is 12.7. The highest BCUT2D eigenvalue weighted by Crippen LogP contribution is 2.24. The van der Waals surface area contributed by atoms with Crippen molar-refractivity contribution in [3.05, 3.63) is 63.6 Å². The normalized spacial score (nSPS) is 11.0. The van der Waals surface area contributed by atoms with E-state index >= 15 is 0 Å². The van der Waals surface area contributed by atoms with Crippen molar-refractivity contribution in [2.75, 3.05) is 7.11 Å². The molecule has 0 bridgehead atoms. The van der Waals surface area contributed by atoms with Crippen LogP contribution >= 0.6 is 15.9 Å². The zero-order chi connectivity index (χ0) is 16.7. The van der Waals surface area contributed by atoms with Crippen molar-refractivity contribution in [2.24, 2.45) is 0 Å². The van der Waals surface area contributed by atoms with Crippen molar-refractivity contribution in [1.82, 2.24) is 5.32 Å². The fourth-order valence-electron chi connectivity index (χ4n) is 2.16. The molecule has 0 aliphatic rings. The Bertz CT molecular complexity index is 620. The SMILES string of the molecule is COCc1ccc(CNCc2cc(Br)ccc2OC(F)F)cc1. The van der Waals surface area contributed by atoms with E-state index in [0.29, 0.717) is 25.3 Å². The summed E-state index contributed by atoms with van der Waals surface area (Å²) in [5, 5.41) is 3.23. The highest BCUT2D eigenvalue weighted by atomic mass is 79.9. The summed E-state index contributed by atoms with van der Waals surface area (Å²) < 4.78 is 35.3. The van der Waals surface area contributed by atoms with Crippen LogP contribution in [0.3, 0.4) is 0 Å². The van der Waals surface area contributed by atoms with Gasteiger partial charge in [0.15, 0.2) is 0 Å². The fraction of sp³-hybridized carbons (Fsp3) is 0.294. The Morgan fingerprint density at radius 1 is 1.04 bits per heavy atom. The lowest BCUT2D eigenvalue weighted by Crippen LogP contribution is -2.14. The largest absolute Gasteiger partial charge is 0.434 e. The maximum Gasteiger partial charge on any atom is 0.387 e. The second-order valence-electron chi connectivity index (χ2n) is 4.98. The van der Waals surface area contributed by atoms with Crippen LogP contribution in [0, 0.1) is 0 Å². The van der Waals surface area contributed by atoms with Crippen LogP contribution in [0.1, 0.15) is 16.7 Å². The molecule has 0 saturated carbocycles. The molecular formula is C17H18BrF2NO2. The molecule has 23 heavy (non-hydrogen) atoms. The van der Waals surface area contributed by atoms with Gasteiger partial charge >= 0.3 is 6.61 Å². The quantitative estimate of drug-likeness (QED) is 0.726. The van der Waals surface area contributed by atoms with E-state index in [4.69, 9.17) is 4.74 Å². The van der Waals surface area contributed by atoms with E-state index in [9.17, 15) is 8.78 Å². The van der Waals surface area contributed by atoms with Crippen LogP contribution < -0.4 is 10.1 Å². The smallest absolute Gasteiger partial charge is 0.387 e. The highest BCUT2D eigenvalue weighted by Gasteiger charge is 2.10. The number of alkyl halides is 2. The van der Waals surface area contributed by atoms with E-state index in [2.05, 4.69) is 26.0 Å². The first-order chi connectivity index (χ1) is 11.1. The molecule has 0 radical (unpaired) electrons. The Balaban J connectivity index is 1.93. The summed E-state index contributed by atoms with van der Waals surface area (Å²) in [6.45, 7) is -1.18. The minimum atomic E-state index is -2.83. The third-order valence-corrected chi connectivity index (χ3v) is 3.71. The summed E-state index contributed by atoms with van der Waals surface area (Å²) in [4.78, 5) is 0. The van der Waals surface area contributed by atoms with E-state index in [1.807, 2.05) is 24.3 Å². The summed E-state index contributed by atoms with van der Waals surface area (Å²) in [7, 11) is 1.66. The average Bonchev–Trinajstić information content (AvgIpc) is 2.51. The molecule has 0 unspecified atom stereocenters. The van der Waals surface area contributed by atoms with Crippen molar-refractivity contribution >= 4 is 15.9 Å². The number of rotatable bonds is 8. The summed E-state index contributed by atoms with van der Waals surface area (Å²) in [6.07, 6.45) is 0. The minimum Gasteiger partial charge on any atom is -0.434 e. The predicted octanol–water partition coefficient (Wildman–Crippen LogP) is 4.49. The van der Waals surface area contributed by atoms with Gasteiger partial charge in [-0.15, -0.1) is 0 Å². The van der Waals surface area contributed by atoms with Gasteiger partial charge in [-0.1, -0.05) is 40.2 Å². The molecule has 2 aromatic rings. The molecule has 2 aromatic carbocycles. The first kappa shape index (κ1) is 17.8. The lowest BCUT2D eigenvalue weighted by molar-refractivity contribution is -0.0505. The number of methoxy groups -OCH3 is 1. The maximum atomic E-state index is 12.4. The minimum absolute atomic E-state index is 0.186. The van der Waals surface area contributed by atoms with Crippen LogP contribution in [0.4, 0.5) is 8.78 Å². The van der Waals surface area contributed by atoms with Crippen molar-refractivity contribution in [3.8, 4) is 5.75 Å². The van der Waals surface area contributed by atoms with Crippen LogP contribution in [0.25, 0.3) is 0 Å². The van der Waals surface area contributed by atoms with Gasteiger partial charge in [-0.25, -0.2) is 0 Å². The number of hydrogen-bond donors (Lipinski definition) is 1. The Morgan fingerprint density at radius 2 is 1.74 bits per heavy atom. The molecule has 0 heterocycles. The van der Waals surface area contributed by atoms with Gasteiger partial charge in [0.25, 0.3) is 0 Å². The van der Waals surface area contributed by atoms with Crippen LogP contribution in [0.15, 0.2) is 46.9 Å². The Kier molecular flexibility index (Phi) is 6.95. The van der Waals surface area contributed by atoms with E-state index in [1.165, 1.54) is 6.07 Å². The molecule has 0 amide bonds. The number of halogens is 3. The molecule has 0 spiro atoms. The monoisotopic (exact) mass is 385 g/mol. The van der Waals surface area contributed by atoms with Gasteiger partial charge in [-0.05, 0) is 29.3 Å². The number of ether oxygens (including phenoxy) is 2. The second kappa shape index (κ2) is 8.96. The fourth-order valence-corrected chi connectivity index (χ4v) is 2.57. The van der Waals surface area contributed by atoms with Gasteiger partial charge in [-0.2, -0.15) is 8.78 Å². The van der Waals surface area contributed by atoms with Crippen LogP contribution in [0.2, 0.25) is 0 Å². The van der Waals surface area contributed by atoms with Crippen molar-refractivity contribution < 1.29 is 18.3 Å². The van der Waals surface area contributed by atoms with Crippen LogP contribution in [-0.2, 0) is 24.4 Å². The van der Waals surface area contributed by atoms with E-state index in [-0.39, 0.29) is 5.75 Å².